The van der Waals surface area contributed by atoms with Crippen molar-refractivity contribution in [3.05, 3.63) is 112 Å². The molecule has 0 bridgehead atoms. The third-order valence-electron chi connectivity index (χ3n) is 6.02. The number of benzene rings is 3. The van der Waals surface area contributed by atoms with E-state index >= 15 is 0 Å². The van der Waals surface area contributed by atoms with Crippen LogP contribution in [0.15, 0.2) is 84.6 Å². The zero-order chi connectivity index (χ0) is 27.5. The highest BCUT2D eigenvalue weighted by molar-refractivity contribution is 6.32. The SMILES string of the molecule is Fc1ccc(C(CCCN2CC=C(Oc3ccccc3Cl)CC2)c2ccc(F)cc2)cc1.O=C(O)C(=O)O. The lowest BCUT2D eigenvalue weighted by atomic mass is 9.87. The molecule has 1 aliphatic heterocycles. The number of carboxylic acids is 2. The Bertz CT molecular complexity index is 1190. The van der Waals surface area contributed by atoms with Crippen molar-refractivity contribution in [1.82, 2.24) is 4.90 Å². The Hall–Kier alpha value is -3.75. The van der Waals surface area contributed by atoms with Gasteiger partial charge in [0.05, 0.1) is 5.02 Å². The van der Waals surface area contributed by atoms with E-state index in [4.69, 9.17) is 36.1 Å². The molecular weight excluding hydrogens is 516 g/mol. The van der Waals surface area contributed by atoms with E-state index < -0.39 is 11.9 Å². The van der Waals surface area contributed by atoms with Crippen molar-refractivity contribution >= 4 is 23.5 Å². The van der Waals surface area contributed by atoms with Crippen LogP contribution in [-0.2, 0) is 9.59 Å². The van der Waals surface area contributed by atoms with Gasteiger partial charge in [-0.25, -0.2) is 18.4 Å². The number of hydrogen-bond donors (Lipinski definition) is 2. The highest BCUT2D eigenvalue weighted by atomic mass is 35.5. The Morgan fingerprint density at radius 3 is 1.92 bits per heavy atom. The van der Waals surface area contributed by atoms with Crippen molar-refractivity contribution in [2.24, 2.45) is 0 Å². The lowest BCUT2D eigenvalue weighted by Crippen LogP contribution is -2.30. The van der Waals surface area contributed by atoms with Crippen LogP contribution in [0.4, 0.5) is 8.78 Å². The maximum Gasteiger partial charge on any atom is 0.414 e. The third kappa shape index (κ3) is 8.97. The van der Waals surface area contributed by atoms with Crippen LogP contribution < -0.4 is 4.74 Å². The fourth-order valence-electron chi connectivity index (χ4n) is 4.09. The molecule has 0 amide bonds. The van der Waals surface area contributed by atoms with Crippen LogP contribution in [0.5, 0.6) is 5.75 Å². The van der Waals surface area contributed by atoms with Crippen LogP contribution in [0.3, 0.4) is 0 Å². The molecule has 0 saturated heterocycles. The first kappa shape index (κ1) is 28.8. The van der Waals surface area contributed by atoms with E-state index in [9.17, 15) is 8.78 Å². The second-order valence-electron chi connectivity index (χ2n) is 8.66. The molecule has 0 fully saturated rings. The van der Waals surface area contributed by atoms with Crippen LogP contribution in [0.25, 0.3) is 0 Å². The summed E-state index contributed by atoms with van der Waals surface area (Å²) < 4.78 is 32.8. The number of rotatable bonds is 8. The number of aliphatic carboxylic acids is 2. The molecular formula is C29H28ClF2NO5. The molecule has 9 heteroatoms. The molecule has 6 nitrogen and oxygen atoms in total. The molecule has 1 aliphatic rings. The third-order valence-corrected chi connectivity index (χ3v) is 6.34. The number of ether oxygens (including phenoxy) is 1. The van der Waals surface area contributed by atoms with Gasteiger partial charge in [-0.3, -0.25) is 4.90 Å². The van der Waals surface area contributed by atoms with Crippen LogP contribution in [0.2, 0.25) is 5.02 Å². The molecule has 0 radical (unpaired) electrons. The van der Waals surface area contributed by atoms with Gasteiger partial charge < -0.3 is 14.9 Å². The minimum Gasteiger partial charge on any atom is -0.473 e. The topological polar surface area (TPSA) is 87.1 Å². The van der Waals surface area contributed by atoms with Crippen molar-refractivity contribution in [3.8, 4) is 5.75 Å². The Morgan fingerprint density at radius 2 is 1.45 bits per heavy atom. The molecule has 0 saturated carbocycles. The molecule has 3 aromatic carbocycles. The average molecular weight is 544 g/mol. The van der Waals surface area contributed by atoms with Crippen molar-refractivity contribution in [3.63, 3.8) is 0 Å². The number of carboxylic acid groups (broad SMARTS) is 2. The first-order chi connectivity index (χ1) is 18.2. The van der Waals surface area contributed by atoms with E-state index in [0.29, 0.717) is 10.8 Å². The molecule has 200 valence electrons. The zero-order valence-electron chi connectivity index (χ0n) is 20.5. The van der Waals surface area contributed by atoms with Crippen molar-refractivity contribution in [1.29, 1.82) is 0 Å². The number of carbonyl (C=O) groups is 2. The summed E-state index contributed by atoms with van der Waals surface area (Å²) in [5.74, 6) is -2.40. The van der Waals surface area contributed by atoms with Crippen LogP contribution in [-0.4, -0.2) is 46.7 Å². The van der Waals surface area contributed by atoms with Crippen LogP contribution >= 0.6 is 11.6 Å². The molecule has 1 heterocycles. The average Bonchev–Trinajstić information content (AvgIpc) is 2.91. The van der Waals surface area contributed by atoms with E-state index in [1.807, 2.05) is 48.5 Å². The quantitative estimate of drug-likeness (QED) is 0.322. The van der Waals surface area contributed by atoms with Gasteiger partial charge in [-0.05, 0) is 73.0 Å². The van der Waals surface area contributed by atoms with E-state index in [1.54, 1.807) is 0 Å². The first-order valence-electron chi connectivity index (χ1n) is 12.0. The molecule has 0 spiro atoms. The summed E-state index contributed by atoms with van der Waals surface area (Å²) >= 11 is 6.18. The summed E-state index contributed by atoms with van der Waals surface area (Å²) in [5.41, 5.74) is 2.10. The summed E-state index contributed by atoms with van der Waals surface area (Å²) in [5, 5.41) is 15.4. The Labute approximate surface area is 224 Å². The number of hydrogen-bond acceptors (Lipinski definition) is 4. The molecule has 0 aliphatic carbocycles. The monoisotopic (exact) mass is 543 g/mol. The van der Waals surface area contributed by atoms with Gasteiger partial charge >= 0.3 is 11.9 Å². The Morgan fingerprint density at radius 1 is 0.895 bits per heavy atom. The van der Waals surface area contributed by atoms with Gasteiger partial charge in [0.15, 0.2) is 0 Å². The fraction of sp³-hybridized carbons (Fsp3) is 0.241. The normalized spacial score (nSPS) is 13.3. The Balaban J connectivity index is 0.000000599. The minimum absolute atomic E-state index is 0.107. The standard InChI is InChI=1S/C27H26ClF2NO.C2H2O4/c28-26-5-1-2-6-27(26)32-24-15-18-31(19-16-24)17-3-4-25(20-7-11-22(29)12-8-20)21-9-13-23(30)14-10-21;3-1(4)2(5)6/h1-2,5-15,25H,3-4,16-19H2;(H,3,4)(H,5,6). The van der Waals surface area contributed by atoms with Gasteiger partial charge in [0.1, 0.15) is 23.1 Å². The molecule has 0 aromatic heterocycles. The molecule has 38 heavy (non-hydrogen) atoms. The van der Waals surface area contributed by atoms with Crippen molar-refractivity contribution in [2.45, 2.75) is 25.2 Å². The number of halogens is 3. The summed E-state index contributed by atoms with van der Waals surface area (Å²) in [4.78, 5) is 20.6. The Kier molecular flexibility index (Phi) is 10.8. The fourth-order valence-corrected chi connectivity index (χ4v) is 4.27. The van der Waals surface area contributed by atoms with Gasteiger partial charge in [0, 0.05) is 25.4 Å². The van der Waals surface area contributed by atoms with Gasteiger partial charge in [-0.2, -0.15) is 0 Å². The molecule has 3 aromatic rings. The molecule has 2 N–H and O–H groups in total. The van der Waals surface area contributed by atoms with Gasteiger partial charge in [0.25, 0.3) is 0 Å². The van der Waals surface area contributed by atoms with Crippen molar-refractivity contribution in [2.75, 3.05) is 19.6 Å². The van der Waals surface area contributed by atoms with Crippen LogP contribution in [0.1, 0.15) is 36.3 Å². The maximum absolute atomic E-state index is 13.4. The molecule has 4 rings (SSSR count). The van der Waals surface area contributed by atoms with Gasteiger partial charge in [0.2, 0.25) is 0 Å². The second-order valence-corrected chi connectivity index (χ2v) is 9.07. The molecule has 0 unspecified atom stereocenters. The largest absolute Gasteiger partial charge is 0.473 e. The smallest absolute Gasteiger partial charge is 0.414 e. The van der Waals surface area contributed by atoms with Gasteiger partial charge in [-0.15, -0.1) is 0 Å². The van der Waals surface area contributed by atoms with E-state index in [2.05, 4.69) is 11.0 Å². The predicted molar refractivity (Wildman–Crippen MR) is 140 cm³/mol. The molecule has 0 atom stereocenters. The number of para-hydroxylation sites is 1. The van der Waals surface area contributed by atoms with E-state index in [0.717, 1.165) is 55.8 Å². The zero-order valence-corrected chi connectivity index (χ0v) is 21.3. The minimum atomic E-state index is -1.82. The lowest BCUT2D eigenvalue weighted by molar-refractivity contribution is -0.159. The second kappa shape index (κ2) is 14.3. The van der Waals surface area contributed by atoms with E-state index in [-0.39, 0.29) is 17.6 Å². The van der Waals surface area contributed by atoms with E-state index in [1.165, 1.54) is 24.3 Å². The highest BCUT2D eigenvalue weighted by Crippen LogP contribution is 2.30. The van der Waals surface area contributed by atoms with Crippen LogP contribution in [0, 0.1) is 11.6 Å². The summed E-state index contributed by atoms with van der Waals surface area (Å²) in [6, 6.07) is 20.7. The summed E-state index contributed by atoms with van der Waals surface area (Å²) in [6.07, 6.45) is 4.84. The number of nitrogens with zero attached hydrogens (tertiary/aromatic N) is 1. The van der Waals surface area contributed by atoms with Crippen molar-refractivity contribution < 1.29 is 33.3 Å². The predicted octanol–water partition coefficient (Wildman–Crippen LogP) is 6.35. The lowest BCUT2D eigenvalue weighted by Gasteiger charge is -2.27. The summed E-state index contributed by atoms with van der Waals surface area (Å²) in [6.45, 7) is 2.71. The summed E-state index contributed by atoms with van der Waals surface area (Å²) in [7, 11) is 0. The van der Waals surface area contributed by atoms with Gasteiger partial charge in [-0.1, -0.05) is 48.0 Å². The highest BCUT2D eigenvalue weighted by Gasteiger charge is 2.17. The maximum atomic E-state index is 13.4. The first-order valence-corrected chi connectivity index (χ1v) is 12.4.